The van der Waals surface area contributed by atoms with Crippen molar-refractivity contribution < 1.29 is 4.79 Å². The highest BCUT2D eigenvalue weighted by molar-refractivity contribution is 5.73. The molecule has 1 saturated heterocycles. The maximum atomic E-state index is 11.7. The predicted octanol–water partition coefficient (Wildman–Crippen LogP) is 2.06. The second kappa shape index (κ2) is 7.58. The highest BCUT2D eigenvalue weighted by Gasteiger charge is 2.27. The van der Waals surface area contributed by atoms with Gasteiger partial charge >= 0.3 is 0 Å². The molecule has 2 aliphatic heterocycles. The van der Waals surface area contributed by atoms with Crippen LogP contribution in [0.25, 0.3) is 0 Å². The first kappa shape index (κ1) is 17.2. The molecule has 26 heavy (non-hydrogen) atoms. The van der Waals surface area contributed by atoms with Gasteiger partial charge in [-0.2, -0.15) is 0 Å². The van der Waals surface area contributed by atoms with E-state index in [1.165, 1.54) is 5.56 Å². The van der Waals surface area contributed by atoms with Gasteiger partial charge in [0.25, 0.3) is 0 Å². The molecule has 0 saturated carbocycles. The van der Waals surface area contributed by atoms with Crippen molar-refractivity contribution in [3.8, 4) is 0 Å². The summed E-state index contributed by atoms with van der Waals surface area (Å²) in [4.78, 5) is 16.1. The van der Waals surface area contributed by atoms with Crippen molar-refractivity contribution in [3.63, 3.8) is 0 Å². The van der Waals surface area contributed by atoms with E-state index < -0.39 is 0 Å². The Morgan fingerprint density at radius 2 is 1.81 bits per heavy atom. The quantitative estimate of drug-likeness (QED) is 0.848. The number of fused-ring (bicyclic) bond motifs is 1. The van der Waals surface area contributed by atoms with Gasteiger partial charge in [0.1, 0.15) is 11.6 Å². The van der Waals surface area contributed by atoms with Gasteiger partial charge < -0.3 is 9.47 Å². The Hall–Kier alpha value is -2.21. The Morgan fingerprint density at radius 1 is 1.04 bits per heavy atom. The van der Waals surface area contributed by atoms with Crippen LogP contribution < -0.4 is 0 Å². The fourth-order valence-electron chi connectivity index (χ4n) is 4.15. The van der Waals surface area contributed by atoms with Crippen molar-refractivity contribution >= 4 is 5.91 Å². The van der Waals surface area contributed by atoms with Crippen LogP contribution in [0.1, 0.15) is 42.9 Å². The average Bonchev–Trinajstić information content (AvgIpc) is 2.94. The molecule has 1 aromatic carbocycles. The van der Waals surface area contributed by atoms with Crippen LogP contribution in [0.2, 0.25) is 0 Å². The molecule has 4 rings (SSSR count). The molecule has 6 nitrogen and oxygen atoms in total. The van der Waals surface area contributed by atoms with Crippen LogP contribution in [-0.4, -0.2) is 56.7 Å². The molecule has 1 amide bonds. The zero-order valence-electron chi connectivity index (χ0n) is 15.5. The molecule has 1 fully saturated rings. The van der Waals surface area contributed by atoms with Gasteiger partial charge in [-0.25, -0.2) is 0 Å². The topological polar surface area (TPSA) is 54.3 Å². The van der Waals surface area contributed by atoms with E-state index >= 15 is 0 Å². The average molecular weight is 353 g/mol. The maximum absolute atomic E-state index is 11.7. The smallest absolute Gasteiger partial charge is 0.219 e. The van der Waals surface area contributed by atoms with E-state index in [0.29, 0.717) is 5.92 Å². The first-order valence-electron chi connectivity index (χ1n) is 9.64. The number of aromatic nitrogens is 3. The van der Waals surface area contributed by atoms with Crippen LogP contribution in [0.4, 0.5) is 0 Å². The molecular weight excluding hydrogens is 326 g/mol. The van der Waals surface area contributed by atoms with E-state index in [1.54, 1.807) is 6.92 Å². The molecule has 2 aromatic rings. The molecule has 0 radical (unpaired) electrons. The van der Waals surface area contributed by atoms with Gasteiger partial charge in [0.05, 0.1) is 0 Å². The number of benzene rings is 1. The molecule has 6 heteroatoms. The number of likely N-dealkylation sites (tertiary alicyclic amines) is 1. The van der Waals surface area contributed by atoms with Gasteiger partial charge in [-0.15, -0.1) is 10.2 Å². The molecule has 3 heterocycles. The Bertz CT molecular complexity index is 749. The van der Waals surface area contributed by atoms with Gasteiger partial charge in [0.2, 0.25) is 5.91 Å². The lowest BCUT2D eigenvalue weighted by Gasteiger charge is -2.31. The number of nitrogens with zero attached hydrogens (tertiary/aromatic N) is 5. The summed E-state index contributed by atoms with van der Waals surface area (Å²) < 4.78 is 2.28. The monoisotopic (exact) mass is 353 g/mol. The molecule has 0 bridgehead atoms. The van der Waals surface area contributed by atoms with E-state index in [4.69, 9.17) is 0 Å². The number of carbonyl (C=O) groups excluding carboxylic acids is 1. The second-order valence-electron chi connectivity index (χ2n) is 7.42. The van der Waals surface area contributed by atoms with E-state index in [1.807, 2.05) is 4.90 Å². The van der Waals surface area contributed by atoms with Crippen LogP contribution in [-0.2, 0) is 24.3 Å². The fourth-order valence-corrected chi connectivity index (χ4v) is 4.15. The van der Waals surface area contributed by atoms with E-state index in [-0.39, 0.29) is 5.91 Å². The first-order chi connectivity index (χ1) is 12.7. The second-order valence-corrected chi connectivity index (χ2v) is 7.42. The summed E-state index contributed by atoms with van der Waals surface area (Å²) in [5.41, 5.74) is 1.38. The lowest BCUT2D eigenvalue weighted by Crippen LogP contribution is -2.34. The highest BCUT2D eigenvalue weighted by Crippen LogP contribution is 2.28. The summed E-state index contributed by atoms with van der Waals surface area (Å²) in [6.07, 6.45) is 3.06. The summed E-state index contributed by atoms with van der Waals surface area (Å²) in [5, 5.41) is 8.97. The van der Waals surface area contributed by atoms with Gasteiger partial charge in [0.15, 0.2) is 0 Å². The van der Waals surface area contributed by atoms with Crippen molar-refractivity contribution in [2.24, 2.45) is 0 Å². The summed E-state index contributed by atoms with van der Waals surface area (Å²) in [6.45, 7) is 7.21. The Kier molecular flexibility index (Phi) is 5.02. The van der Waals surface area contributed by atoms with Gasteiger partial charge in [-0.05, 0) is 31.5 Å². The number of rotatable bonds is 3. The maximum Gasteiger partial charge on any atom is 0.219 e. The normalized spacial score (nSPS) is 19.2. The van der Waals surface area contributed by atoms with E-state index in [9.17, 15) is 4.79 Å². The van der Waals surface area contributed by atoms with Crippen LogP contribution in [0.15, 0.2) is 30.3 Å². The summed E-state index contributed by atoms with van der Waals surface area (Å²) in [6, 6.07) is 10.7. The Labute approximate surface area is 154 Å². The Balaban J connectivity index is 1.38. The predicted molar refractivity (Wildman–Crippen MR) is 99.7 cm³/mol. The van der Waals surface area contributed by atoms with E-state index in [2.05, 4.69) is 50.0 Å². The third-order valence-electron chi connectivity index (χ3n) is 5.70. The van der Waals surface area contributed by atoms with Crippen LogP contribution in [0.5, 0.6) is 0 Å². The molecule has 2 aliphatic rings. The summed E-state index contributed by atoms with van der Waals surface area (Å²) in [7, 11) is 0. The van der Waals surface area contributed by atoms with Crippen LogP contribution >= 0.6 is 0 Å². The zero-order chi connectivity index (χ0) is 17.9. The van der Waals surface area contributed by atoms with Crippen LogP contribution in [0, 0.1) is 0 Å². The molecule has 138 valence electrons. The molecule has 0 atom stereocenters. The fraction of sp³-hybridized carbons (Fsp3) is 0.550. The van der Waals surface area contributed by atoms with Gasteiger partial charge in [0, 0.05) is 45.4 Å². The third kappa shape index (κ3) is 3.65. The van der Waals surface area contributed by atoms with Crippen molar-refractivity contribution in [1.29, 1.82) is 0 Å². The minimum Gasteiger partial charge on any atom is -0.341 e. The van der Waals surface area contributed by atoms with Crippen molar-refractivity contribution in [2.75, 3.05) is 26.2 Å². The molecule has 0 unspecified atom stereocenters. The lowest BCUT2D eigenvalue weighted by molar-refractivity contribution is -0.128. The van der Waals surface area contributed by atoms with Gasteiger partial charge in [-0.3, -0.25) is 9.69 Å². The number of hydrogen-bond donors (Lipinski definition) is 0. The third-order valence-corrected chi connectivity index (χ3v) is 5.70. The minimum absolute atomic E-state index is 0.152. The molecule has 1 aromatic heterocycles. The van der Waals surface area contributed by atoms with Crippen molar-refractivity contribution in [1.82, 2.24) is 24.6 Å². The first-order valence-corrected chi connectivity index (χ1v) is 9.64. The van der Waals surface area contributed by atoms with Crippen LogP contribution in [0.3, 0.4) is 0 Å². The van der Waals surface area contributed by atoms with Crippen molar-refractivity contribution in [2.45, 2.75) is 45.2 Å². The Morgan fingerprint density at radius 3 is 2.54 bits per heavy atom. The number of amides is 1. The number of carbonyl (C=O) groups is 1. The molecule has 0 spiro atoms. The number of piperidine rings is 1. The largest absolute Gasteiger partial charge is 0.341 e. The summed E-state index contributed by atoms with van der Waals surface area (Å²) >= 11 is 0. The zero-order valence-corrected chi connectivity index (χ0v) is 15.5. The lowest BCUT2D eigenvalue weighted by atomic mass is 9.95. The molecular formula is C20H27N5O. The highest BCUT2D eigenvalue weighted by atomic mass is 16.2. The van der Waals surface area contributed by atoms with Gasteiger partial charge in [-0.1, -0.05) is 30.3 Å². The van der Waals surface area contributed by atoms with E-state index in [0.717, 1.165) is 70.2 Å². The standard InChI is InChI=1S/C20H27N5O/c1-16(26)24-12-9-19-21-22-20(25(19)14-13-24)18-7-10-23(11-8-18)15-17-5-3-2-4-6-17/h2-6,18H,7-15H2,1H3. The molecule has 0 aliphatic carbocycles. The molecule has 0 N–H and O–H groups in total. The van der Waals surface area contributed by atoms with Crippen molar-refractivity contribution in [3.05, 3.63) is 47.5 Å². The summed E-state index contributed by atoms with van der Waals surface area (Å²) in [5.74, 6) is 2.80. The minimum atomic E-state index is 0.152. The SMILES string of the molecule is CC(=O)N1CCc2nnc(C3CCN(Cc4ccccc4)CC3)n2CC1. The number of hydrogen-bond acceptors (Lipinski definition) is 4.